The Morgan fingerprint density at radius 3 is 2.80 bits per heavy atom. The topological polar surface area (TPSA) is 42.2 Å². The lowest BCUT2D eigenvalue weighted by atomic mass is 9.99. The quantitative estimate of drug-likeness (QED) is 0.675. The minimum atomic E-state index is 0.805. The molecular weight excluding hydrogens is 250 g/mol. The average Bonchev–Trinajstić information content (AvgIpc) is 2.87. The van der Waals surface area contributed by atoms with E-state index in [4.69, 9.17) is 4.42 Å². The van der Waals surface area contributed by atoms with Crippen LogP contribution in [0.3, 0.4) is 0 Å². The second kappa shape index (κ2) is 4.47. The number of benzene rings is 1. The van der Waals surface area contributed by atoms with Gasteiger partial charge in [0.1, 0.15) is 17.4 Å². The van der Waals surface area contributed by atoms with Gasteiger partial charge in [0.05, 0.1) is 0 Å². The molecule has 1 saturated heterocycles. The van der Waals surface area contributed by atoms with E-state index < -0.39 is 0 Å². The van der Waals surface area contributed by atoms with Crippen molar-refractivity contribution < 1.29 is 4.42 Å². The number of furan rings is 1. The maximum Gasteiger partial charge on any atom is 0.196 e. The van der Waals surface area contributed by atoms with Crippen molar-refractivity contribution in [2.75, 3.05) is 18.0 Å². The summed E-state index contributed by atoms with van der Waals surface area (Å²) in [4.78, 5) is 11.2. The maximum atomic E-state index is 6.00. The molecule has 0 saturated carbocycles. The molecule has 2 aromatic heterocycles. The number of aromatic nitrogens is 2. The fourth-order valence-electron chi connectivity index (χ4n) is 2.96. The zero-order chi connectivity index (χ0) is 13.5. The molecule has 0 spiro atoms. The monoisotopic (exact) mass is 267 g/mol. The van der Waals surface area contributed by atoms with Crippen molar-refractivity contribution >= 4 is 27.9 Å². The Kier molecular flexibility index (Phi) is 2.62. The van der Waals surface area contributed by atoms with E-state index >= 15 is 0 Å². The molecule has 1 aliphatic heterocycles. The standard InChI is InChI=1S/C16H17N3O/c1-11-6-8-19(9-7-11)16-15-14(17-10-18-16)12-4-2-3-5-13(12)20-15/h2-5,10-11H,6-9H2,1H3. The first-order valence-corrected chi connectivity index (χ1v) is 7.20. The van der Waals surface area contributed by atoms with Crippen LogP contribution in [0.2, 0.25) is 0 Å². The molecule has 4 nitrogen and oxygen atoms in total. The Balaban J connectivity index is 1.87. The van der Waals surface area contributed by atoms with E-state index in [9.17, 15) is 0 Å². The minimum Gasteiger partial charge on any atom is -0.450 e. The molecule has 0 amide bonds. The Morgan fingerprint density at radius 2 is 1.95 bits per heavy atom. The van der Waals surface area contributed by atoms with Gasteiger partial charge in [-0.05, 0) is 30.9 Å². The first-order chi connectivity index (χ1) is 9.83. The van der Waals surface area contributed by atoms with E-state index in [-0.39, 0.29) is 0 Å². The summed E-state index contributed by atoms with van der Waals surface area (Å²) >= 11 is 0. The van der Waals surface area contributed by atoms with Crippen molar-refractivity contribution in [1.82, 2.24) is 9.97 Å². The molecule has 0 aliphatic carbocycles. The highest BCUT2D eigenvalue weighted by Gasteiger charge is 2.21. The highest BCUT2D eigenvalue weighted by atomic mass is 16.3. The number of hydrogen-bond acceptors (Lipinski definition) is 4. The summed E-state index contributed by atoms with van der Waals surface area (Å²) in [5, 5.41) is 1.07. The summed E-state index contributed by atoms with van der Waals surface area (Å²) < 4.78 is 6.00. The normalized spacial score (nSPS) is 17.1. The molecule has 4 heteroatoms. The van der Waals surface area contributed by atoms with Crippen molar-refractivity contribution in [2.24, 2.45) is 5.92 Å². The number of hydrogen-bond donors (Lipinski definition) is 0. The van der Waals surface area contributed by atoms with Gasteiger partial charge in [-0.1, -0.05) is 19.1 Å². The first kappa shape index (κ1) is 11.7. The summed E-state index contributed by atoms with van der Waals surface area (Å²) in [6, 6.07) is 8.04. The fraction of sp³-hybridized carbons (Fsp3) is 0.375. The van der Waals surface area contributed by atoms with E-state index in [2.05, 4.69) is 27.9 Å². The predicted molar refractivity (Wildman–Crippen MR) is 79.9 cm³/mol. The van der Waals surface area contributed by atoms with Crippen molar-refractivity contribution in [1.29, 1.82) is 0 Å². The molecule has 4 rings (SSSR count). The van der Waals surface area contributed by atoms with Gasteiger partial charge < -0.3 is 9.32 Å². The predicted octanol–water partition coefficient (Wildman–Crippen LogP) is 3.61. The van der Waals surface area contributed by atoms with Gasteiger partial charge in [0.2, 0.25) is 0 Å². The molecule has 0 unspecified atom stereocenters. The van der Waals surface area contributed by atoms with Crippen LogP contribution in [-0.2, 0) is 0 Å². The van der Waals surface area contributed by atoms with Crippen LogP contribution in [0.25, 0.3) is 22.1 Å². The van der Waals surface area contributed by atoms with Crippen LogP contribution in [0.15, 0.2) is 35.0 Å². The third-order valence-corrected chi connectivity index (χ3v) is 4.22. The second-order valence-corrected chi connectivity index (χ2v) is 5.64. The molecule has 1 aromatic carbocycles. The molecule has 3 heterocycles. The molecular formula is C16H17N3O. The lowest BCUT2D eigenvalue weighted by Gasteiger charge is -2.30. The largest absolute Gasteiger partial charge is 0.450 e. The maximum absolute atomic E-state index is 6.00. The molecule has 0 bridgehead atoms. The zero-order valence-corrected chi connectivity index (χ0v) is 11.5. The highest BCUT2D eigenvalue weighted by Crippen LogP contribution is 2.33. The van der Waals surface area contributed by atoms with E-state index in [0.717, 1.165) is 46.9 Å². The summed E-state index contributed by atoms with van der Waals surface area (Å²) in [6.07, 6.45) is 4.08. The fourth-order valence-corrected chi connectivity index (χ4v) is 2.96. The number of rotatable bonds is 1. The van der Waals surface area contributed by atoms with Crippen LogP contribution >= 0.6 is 0 Å². The molecule has 1 aliphatic rings. The molecule has 102 valence electrons. The molecule has 0 radical (unpaired) electrons. The summed E-state index contributed by atoms with van der Waals surface area (Å²) in [5.41, 5.74) is 2.63. The van der Waals surface area contributed by atoms with Gasteiger partial charge in [-0.3, -0.25) is 0 Å². The van der Waals surface area contributed by atoms with Crippen LogP contribution in [-0.4, -0.2) is 23.1 Å². The zero-order valence-electron chi connectivity index (χ0n) is 11.5. The lowest BCUT2D eigenvalue weighted by Crippen LogP contribution is -2.33. The summed E-state index contributed by atoms with van der Waals surface area (Å²) in [5.74, 6) is 1.75. The van der Waals surface area contributed by atoms with Crippen molar-refractivity contribution in [3.05, 3.63) is 30.6 Å². The Bertz CT molecular complexity index is 757. The summed E-state index contributed by atoms with van der Waals surface area (Å²) in [6.45, 7) is 4.41. The third kappa shape index (κ3) is 1.75. The number of anilines is 1. The Hall–Kier alpha value is -2.10. The highest BCUT2D eigenvalue weighted by molar-refractivity contribution is 6.05. The van der Waals surface area contributed by atoms with E-state index in [1.54, 1.807) is 6.33 Å². The second-order valence-electron chi connectivity index (χ2n) is 5.64. The van der Waals surface area contributed by atoms with Crippen molar-refractivity contribution in [3.8, 4) is 0 Å². The lowest BCUT2D eigenvalue weighted by molar-refractivity contribution is 0.436. The number of piperidine rings is 1. The van der Waals surface area contributed by atoms with Gasteiger partial charge in [-0.25, -0.2) is 9.97 Å². The van der Waals surface area contributed by atoms with Crippen molar-refractivity contribution in [3.63, 3.8) is 0 Å². The number of nitrogens with zero attached hydrogens (tertiary/aromatic N) is 3. The Labute approximate surface area is 117 Å². The van der Waals surface area contributed by atoms with Crippen LogP contribution in [0.1, 0.15) is 19.8 Å². The SMILES string of the molecule is CC1CCN(c2ncnc3c2oc2ccccc23)CC1. The van der Waals surface area contributed by atoms with Crippen LogP contribution in [0.4, 0.5) is 5.82 Å². The van der Waals surface area contributed by atoms with Crippen LogP contribution < -0.4 is 4.90 Å². The summed E-state index contributed by atoms with van der Waals surface area (Å²) in [7, 11) is 0. The van der Waals surface area contributed by atoms with Crippen molar-refractivity contribution in [2.45, 2.75) is 19.8 Å². The van der Waals surface area contributed by atoms with Crippen LogP contribution in [0, 0.1) is 5.92 Å². The molecule has 1 fully saturated rings. The van der Waals surface area contributed by atoms with E-state index in [1.807, 2.05) is 18.2 Å². The van der Waals surface area contributed by atoms with Gasteiger partial charge in [-0.15, -0.1) is 0 Å². The molecule has 3 aromatic rings. The average molecular weight is 267 g/mol. The minimum absolute atomic E-state index is 0.805. The number of fused-ring (bicyclic) bond motifs is 3. The third-order valence-electron chi connectivity index (χ3n) is 4.22. The van der Waals surface area contributed by atoms with E-state index in [0.29, 0.717) is 0 Å². The van der Waals surface area contributed by atoms with Gasteiger partial charge in [0.25, 0.3) is 0 Å². The molecule has 0 N–H and O–H groups in total. The Morgan fingerprint density at radius 1 is 1.15 bits per heavy atom. The number of para-hydroxylation sites is 1. The van der Waals surface area contributed by atoms with Gasteiger partial charge in [0, 0.05) is 18.5 Å². The molecule has 0 atom stereocenters. The van der Waals surface area contributed by atoms with Gasteiger partial charge in [-0.2, -0.15) is 0 Å². The van der Waals surface area contributed by atoms with Crippen LogP contribution in [0.5, 0.6) is 0 Å². The first-order valence-electron chi connectivity index (χ1n) is 7.20. The van der Waals surface area contributed by atoms with Gasteiger partial charge in [0.15, 0.2) is 11.4 Å². The van der Waals surface area contributed by atoms with Gasteiger partial charge >= 0.3 is 0 Å². The smallest absolute Gasteiger partial charge is 0.196 e. The van der Waals surface area contributed by atoms with E-state index in [1.165, 1.54) is 12.8 Å². The molecule has 20 heavy (non-hydrogen) atoms.